The molecule has 0 atom stereocenters. The number of nitrogens with zero attached hydrogens (tertiary/aromatic N) is 1. The number of rotatable bonds is 11. The van der Waals surface area contributed by atoms with Gasteiger partial charge in [0.05, 0.1) is 4.92 Å². The molecular weight excluding hydrogens is 294 g/mol. The lowest BCUT2D eigenvalue weighted by molar-refractivity contribution is -0.384. The molecule has 0 radical (unpaired) electrons. The molecule has 0 aliphatic heterocycles. The molecule has 23 heavy (non-hydrogen) atoms. The molecule has 0 N–H and O–H groups in total. The summed E-state index contributed by atoms with van der Waals surface area (Å²) in [5, 5.41) is 10.5. The Bertz CT molecular complexity index is 482. The van der Waals surface area contributed by atoms with Crippen LogP contribution in [0.4, 0.5) is 5.69 Å². The highest BCUT2D eigenvalue weighted by Gasteiger charge is 2.08. The summed E-state index contributed by atoms with van der Waals surface area (Å²) in [5.74, 6) is 0.0561. The van der Waals surface area contributed by atoms with Crippen molar-refractivity contribution in [2.45, 2.75) is 58.8 Å². The van der Waals surface area contributed by atoms with Crippen molar-refractivity contribution in [2.24, 2.45) is 0 Å². The number of carbonyl (C=O) groups excluding carboxylic acids is 1. The number of ether oxygens (including phenoxy) is 1. The lowest BCUT2D eigenvalue weighted by atomic mass is 10.1. The molecule has 0 saturated heterocycles. The van der Waals surface area contributed by atoms with Crippen molar-refractivity contribution in [3.05, 3.63) is 47.0 Å². The first-order valence-corrected chi connectivity index (χ1v) is 7.69. The Morgan fingerprint density at radius 3 is 2.22 bits per heavy atom. The zero-order chi connectivity index (χ0) is 16.2. The minimum atomic E-state index is -0.485. The van der Waals surface area contributed by atoms with Crippen molar-refractivity contribution in [3.8, 4) is 5.75 Å². The van der Waals surface area contributed by atoms with Gasteiger partial charge in [-0.2, -0.15) is 0 Å². The monoisotopic (exact) mass is 321 g/mol. The second-order valence-corrected chi connectivity index (χ2v) is 5.17. The molecule has 0 fully saturated rings. The number of esters is 1. The van der Waals surface area contributed by atoms with Gasteiger partial charge in [0.25, 0.3) is 5.69 Å². The normalized spacial score (nSPS) is 9.74. The maximum Gasteiger partial charge on any atom is 0.311 e. The summed E-state index contributed by atoms with van der Waals surface area (Å²) in [5.41, 5.74) is -0.0174. The van der Waals surface area contributed by atoms with Gasteiger partial charge < -0.3 is 4.74 Å². The number of unbranched alkanes of at least 4 members (excludes halogenated alkanes) is 6. The first kappa shape index (κ1) is 20.8. The first-order chi connectivity index (χ1) is 10.6. The van der Waals surface area contributed by atoms with Crippen molar-refractivity contribution in [1.29, 1.82) is 0 Å². The summed E-state index contributed by atoms with van der Waals surface area (Å²) in [6.07, 6.45) is 9.92. The van der Waals surface area contributed by atoms with Gasteiger partial charge in [0, 0.05) is 18.6 Å². The van der Waals surface area contributed by atoms with E-state index in [-0.39, 0.29) is 19.1 Å². The van der Waals surface area contributed by atoms with Crippen LogP contribution in [-0.4, -0.2) is 10.9 Å². The Morgan fingerprint density at radius 2 is 1.65 bits per heavy atom. The van der Waals surface area contributed by atoms with E-state index in [1.54, 1.807) is 0 Å². The highest BCUT2D eigenvalue weighted by Crippen LogP contribution is 2.18. The van der Waals surface area contributed by atoms with E-state index in [9.17, 15) is 14.9 Å². The number of nitro groups is 1. The zero-order valence-corrected chi connectivity index (χ0v) is 12.8. The number of allylic oxidation sites excluding steroid dienone is 1. The maximum atomic E-state index is 11.6. The summed E-state index contributed by atoms with van der Waals surface area (Å²) >= 11 is 0. The molecule has 0 spiro atoms. The molecule has 0 aromatic heterocycles. The standard InChI is InChI=1S/C17H23NO4.CH4/c1-2-3-4-5-6-7-8-9-10-17(19)22-16-13-11-15(12-14-16)18(20)21;/h2,11-14H,1,3-10H2;1H4. The molecule has 0 amide bonds. The highest BCUT2D eigenvalue weighted by molar-refractivity contribution is 5.72. The van der Waals surface area contributed by atoms with Gasteiger partial charge in [0.2, 0.25) is 0 Å². The van der Waals surface area contributed by atoms with Gasteiger partial charge in [-0.25, -0.2) is 0 Å². The zero-order valence-electron chi connectivity index (χ0n) is 12.8. The van der Waals surface area contributed by atoms with E-state index in [0.717, 1.165) is 25.7 Å². The highest BCUT2D eigenvalue weighted by atomic mass is 16.6. The average Bonchev–Trinajstić information content (AvgIpc) is 2.50. The summed E-state index contributed by atoms with van der Waals surface area (Å²) in [6.45, 7) is 3.69. The number of hydrogen-bond donors (Lipinski definition) is 0. The van der Waals surface area contributed by atoms with E-state index in [0.29, 0.717) is 12.2 Å². The van der Waals surface area contributed by atoms with E-state index >= 15 is 0 Å². The first-order valence-electron chi connectivity index (χ1n) is 7.69. The van der Waals surface area contributed by atoms with Gasteiger partial charge in [-0.15, -0.1) is 6.58 Å². The SMILES string of the molecule is C.C=CCCCCCCCCC(=O)Oc1ccc([N+](=O)[O-])cc1. The molecular formula is C18H27NO4. The summed E-state index contributed by atoms with van der Waals surface area (Å²) in [6, 6.07) is 5.53. The van der Waals surface area contributed by atoms with Gasteiger partial charge >= 0.3 is 5.97 Å². The number of non-ortho nitro benzene ring substituents is 1. The van der Waals surface area contributed by atoms with Crippen LogP contribution in [0.25, 0.3) is 0 Å². The summed E-state index contributed by atoms with van der Waals surface area (Å²) in [7, 11) is 0. The molecule has 0 bridgehead atoms. The van der Waals surface area contributed by atoms with E-state index in [4.69, 9.17) is 4.74 Å². The van der Waals surface area contributed by atoms with Gasteiger partial charge in [-0.1, -0.05) is 39.2 Å². The van der Waals surface area contributed by atoms with E-state index < -0.39 is 4.92 Å². The number of nitro benzene ring substituents is 1. The predicted molar refractivity (Wildman–Crippen MR) is 92.6 cm³/mol. The molecule has 0 aliphatic carbocycles. The lowest BCUT2D eigenvalue weighted by Gasteiger charge is -2.04. The van der Waals surface area contributed by atoms with E-state index in [1.165, 1.54) is 43.5 Å². The molecule has 0 unspecified atom stereocenters. The molecule has 128 valence electrons. The van der Waals surface area contributed by atoms with Crippen molar-refractivity contribution < 1.29 is 14.5 Å². The molecule has 5 heteroatoms. The number of hydrogen-bond acceptors (Lipinski definition) is 4. The minimum Gasteiger partial charge on any atom is -0.427 e. The van der Waals surface area contributed by atoms with Gasteiger partial charge in [0.15, 0.2) is 0 Å². The third kappa shape index (κ3) is 9.45. The van der Waals surface area contributed by atoms with Crippen LogP contribution < -0.4 is 4.74 Å². The van der Waals surface area contributed by atoms with Crippen molar-refractivity contribution in [1.82, 2.24) is 0 Å². The summed E-state index contributed by atoms with van der Waals surface area (Å²) < 4.78 is 5.14. The fourth-order valence-electron chi connectivity index (χ4n) is 2.08. The van der Waals surface area contributed by atoms with Crippen LogP contribution in [-0.2, 0) is 4.79 Å². The van der Waals surface area contributed by atoms with Crippen LogP contribution in [0.15, 0.2) is 36.9 Å². The van der Waals surface area contributed by atoms with E-state index in [1.807, 2.05) is 6.08 Å². The molecule has 0 saturated carbocycles. The molecule has 1 aromatic carbocycles. The van der Waals surface area contributed by atoms with Crippen molar-refractivity contribution in [3.63, 3.8) is 0 Å². The number of benzene rings is 1. The lowest BCUT2D eigenvalue weighted by Crippen LogP contribution is -2.07. The average molecular weight is 321 g/mol. The number of carbonyl (C=O) groups is 1. The third-order valence-electron chi connectivity index (χ3n) is 3.32. The molecule has 5 nitrogen and oxygen atoms in total. The van der Waals surface area contributed by atoms with Crippen LogP contribution in [0.3, 0.4) is 0 Å². The Labute approximate surface area is 138 Å². The predicted octanol–water partition coefficient (Wildman–Crippen LogP) is 5.44. The Hall–Kier alpha value is -2.17. The quantitative estimate of drug-likeness (QED) is 0.136. The van der Waals surface area contributed by atoms with Crippen LogP contribution in [0.1, 0.15) is 58.8 Å². The molecule has 1 aromatic rings. The summed E-state index contributed by atoms with van der Waals surface area (Å²) in [4.78, 5) is 21.7. The van der Waals surface area contributed by atoms with E-state index in [2.05, 4.69) is 6.58 Å². The largest absolute Gasteiger partial charge is 0.427 e. The molecule has 1 rings (SSSR count). The van der Waals surface area contributed by atoms with Crippen LogP contribution in [0.2, 0.25) is 0 Å². The smallest absolute Gasteiger partial charge is 0.311 e. The topological polar surface area (TPSA) is 69.4 Å². The maximum absolute atomic E-state index is 11.6. The fraction of sp³-hybridized carbons (Fsp3) is 0.500. The van der Waals surface area contributed by atoms with Crippen molar-refractivity contribution in [2.75, 3.05) is 0 Å². The second kappa shape index (κ2) is 12.4. The minimum absolute atomic E-state index is 0. The molecule has 0 aliphatic rings. The van der Waals surface area contributed by atoms with Crippen LogP contribution >= 0.6 is 0 Å². The van der Waals surface area contributed by atoms with Crippen LogP contribution in [0, 0.1) is 10.1 Å². The van der Waals surface area contributed by atoms with Crippen molar-refractivity contribution >= 4 is 11.7 Å². The fourth-order valence-corrected chi connectivity index (χ4v) is 2.08. The Morgan fingerprint density at radius 1 is 1.09 bits per heavy atom. The second-order valence-electron chi connectivity index (χ2n) is 5.17. The van der Waals surface area contributed by atoms with Gasteiger partial charge in [-0.05, 0) is 31.4 Å². The molecule has 0 heterocycles. The van der Waals surface area contributed by atoms with Gasteiger partial charge in [-0.3, -0.25) is 14.9 Å². The Kier molecular flexibility index (Phi) is 11.2. The Balaban J connectivity index is 0.00000484. The third-order valence-corrected chi connectivity index (χ3v) is 3.32. The van der Waals surface area contributed by atoms with Gasteiger partial charge in [0.1, 0.15) is 5.75 Å². The van der Waals surface area contributed by atoms with Crippen LogP contribution in [0.5, 0.6) is 5.75 Å².